The zero-order valence-corrected chi connectivity index (χ0v) is 42.0. The van der Waals surface area contributed by atoms with Gasteiger partial charge in [0.05, 0.1) is 47.1 Å². The van der Waals surface area contributed by atoms with Gasteiger partial charge < -0.3 is 74.3 Å². The summed E-state index contributed by atoms with van der Waals surface area (Å²) in [5.74, 6) is -4.29. The summed E-state index contributed by atoms with van der Waals surface area (Å²) in [6.45, 7) is 3.92. The van der Waals surface area contributed by atoms with Crippen LogP contribution in [0.4, 0.5) is 0 Å². The molecule has 7 N–H and O–H groups in total. The van der Waals surface area contributed by atoms with E-state index in [1.54, 1.807) is 0 Å². The van der Waals surface area contributed by atoms with Gasteiger partial charge in [-0.15, -0.1) is 0 Å². The number of Topliss-reactive ketones (excluding diaryl/α,β-unsaturated/α-hetero) is 1. The van der Waals surface area contributed by atoms with E-state index in [2.05, 4.69) is 10.6 Å². The van der Waals surface area contributed by atoms with E-state index < -0.39 is 126 Å². The molecule has 2 saturated heterocycles. The molecule has 2 aliphatic heterocycles. The molecule has 2 heterocycles. The number of carboxylic acid groups (broad SMARTS) is 1. The third-order valence-electron chi connectivity index (χ3n) is 12.4. The number of carboxylic acids is 1. The van der Waals surface area contributed by atoms with Crippen molar-refractivity contribution < 1.29 is 146 Å². The van der Waals surface area contributed by atoms with Crippen LogP contribution in [-0.4, -0.2) is 161 Å². The Labute approximate surface area is 413 Å². The number of nitrogens with one attached hydrogen (secondary N) is 2. The average Bonchev–Trinajstić information content (AvgIpc) is 3.21. The van der Waals surface area contributed by atoms with Gasteiger partial charge >= 0.3 is 59.1 Å². The number of aliphatic hydroxyl groups is 5. The summed E-state index contributed by atoms with van der Waals surface area (Å²) >= 11 is 0. The second-order valence-corrected chi connectivity index (χ2v) is 18.5. The molecule has 4 rings (SSSR count). The minimum Gasteiger partial charge on any atom is -0.748 e. The van der Waals surface area contributed by atoms with Gasteiger partial charge in [-0.2, -0.15) is 0 Å². The molecule has 20 nitrogen and oxygen atoms in total. The molecule has 352 valence electrons. The predicted octanol–water partition coefficient (Wildman–Crippen LogP) is -7.73. The van der Waals surface area contributed by atoms with Crippen molar-refractivity contribution in [1.82, 2.24) is 10.6 Å². The van der Waals surface area contributed by atoms with Gasteiger partial charge in [-0.3, -0.25) is 14.4 Å². The molecule has 15 atom stereocenters. The van der Waals surface area contributed by atoms with Crippen molar-refractivity contribution in [2.75, 3.05) is 18.9 Å². The summed E-state index contributed by atoms with van der Waals surface area (Å²) in [5.41, 5.74) is 0. The number of aliphatic carboxylic acids is 1. The molecule has 6 unspecified atom stereocenters. The first kappa shape index (κ1) is 58.7. The molecule has 2 saturated carbocycles. The van der Waals surface area contributed by atoms with Crippen LogP contribution < -0.4 is 74.9 Å². The Balaban J connectivity index is 0.00000683. The molecule has 63 heavy (non-hydrogen) atoms. The van der Waals surface area contributed by atoms with E-state index in [4.69, 9.17) is 23.7 Å². The smallest absolute Gasteiger partial charge is 0.748 e. The zero-order valence-electron chi connectivity index (χ0n) is 37.2. The van der Waals surface area contributed by atoms with Crippen molar-refractivity contribution in [3.63, 3.8) is 0 Å². The Morgan fingerprint density at radius 1 is 0.857 bits per heavy atom. The molecule has 4 aliphatic rings. The number of hydrogen-bond donors (Lipinski definition) is 7. The van der Waals surface area contributed by atoms with E-state index in [9.17, 15) is 62.8 Å². The number of unbranched alkanes of at least 4 members (excludes halogenated alkanes) is 1. The number of ketones is 1. The Kier molecular flexibility index (Phi) is 26.3. The number of rotatable bonds is 22. The topological polar surface area (TPSA) is 320 Å². The van der Waals surface area contributed by atoms with Gasteiger partial charge in [-0.05, 0) is 57.3 Å². The van der Waals surface area contributed by atoms with Crippen LogP contribution in [-0.2, 0) is 53.0 Å². The first-order valence-corrected chi connectivity index (χ1v) is 23.2. The Hall–Kier alpha value is -0.410. The summed E-state index contributed by atoms with van der Waals surface area (Å²) < 4.78 is 63.3. The largest absolute Gasteiger partial charge is 1.00 e. The Morgan fingerprint density at radius 3 is 2.14 bits per heavy atom. The Morgan fingerprint density at radius 2 is 1.54 bits per heavy atom. The minimum atomic E-state index is -4.37. The fourth-order valence-corrected chi connectivity index (χ4v) is 9.52. The molecule has 4 fully saturated rings. The van der Waals surface area contributed by atoms with Crippen LogP contribution in [0.3, 0.4) is 0 Å². The van der Waals surface area contributed by atoms with Gasteiger partial charge in [0.1, 0.15) is 48.4 Å². The van der Waals surface area contributed by atoms with Crippen molar-refractivity contribution in [2.45, 2.75) is 190 Å². The monoisotopic (exact) mass is 940 g/mol. The van der Waals surface area contributed by atoms with Crippen LogP contribution in [0, 0.1) is 17.8 Å². The summed E-state index contributed by atoms with van der Waals surface area (Å²) in [6, 6.07) is -1.36. The van der Waals surface area contributed by atoms with Gasteiger partial charge in [0.25, 0.3) is 0 Å². The second-order valence-electron chi connectivity index (χ2n) is 17.0. The van der Waals surface area contributed by atoms with Crippen LogP contribution in [0.25, 0.3) is 0 Å². The number of carbonyl (C=O) groups is 4. The maximum atomic E-state index is 13.8. The van der Waals surface area contributed by atoms with Crippen LogP contribution in [0.1, 0.15) is 111 Å². The second kappa shape index (κ2) is 28.2. The van der Waals surface area contributed by atoms with E-state index in [0.717, 1.165) is 32.1 Å². The SMILES string of the molecule is CCC1CC(C(=O)CCCNC(=O)CCCCS(=O)(=O)[O-])C[C@@H](O[C@@H]2O[C@@H](CO)[C@H](O)C(O[C@@H](CC3CCCCC3)C(=O)[O-])C2NC(C)=O)[C@@H]1O[C@@H]1OC(C)[C@@H](O)[C@H](O)C1O.[Na+].[Na+]. The van der Waals surface area contributed by atoms with Crippen LogP contribution in [0.15, 0.2) is 0 Å². The van der Waals surface area contributed by atoms with E-state index in [-0.39, 0.29) is 135 Å². The predicted molar refractivity (Wildman–Crippen MR) is 208 cm³/mol. The van der Waals surface area contributed by atoms with Gasteiger partial charge in [0.15, 0.2) is 12.6 Å². The minimum absolute atomic E-state index is 0. The van der Waals surface area contributed by atoms with E-state index in [0.29, 0.717) is 6.42 Å². The van der Waals surface area contributed by atoms with E-state index in [1.165, 1.54) is 13.8 Å². The quantitative estimate of drug-likeness (QED) is 0.0301. The van der Waals surface area contributed by atoms with Gasteiger partial charge in [-0.25, -0.2) is 8.42 Å². The maximum Gasteiger partial charge on any atom is 1.00 e. The van der Waals surface area contributed by atoms with Crippen molar-refractivity contribution in [3.05, 3.63) is 0 Å². The van der Waals surface area contributed by atoms with Crippen molar-refractivity contribution in [3.8, 4) is 0 Å². The summed E-state index contributed by atoms with van der Waals surface area (Å²) in [6.07, 6.45) is -10.9. The standard InChI is InChI=1S/C40H68N2O18S.2Na/c1-4-24-18-25(26(45)13-10-15-41-30(46)14-8-9-16-61(53,54)55)19-27(36(24)60-40-35(50)34(49)32(47)21(2)56-40)58-39-31(42-22(3)44)37(33(48)29(20-43)59-39)57-28(38(51)52)17-23-11-6-5-7-12-23;;/h21,23-25,27-29,31-37,39-40,43,47-50H,4-20H2,1-3H3,(H,41,46)(H,42,44)(H,51,52)(H,53,54,55);;/q;2*+1/p-2/t21?,24?,25?,27-,28+,29+,31?,32-,33+,34+,35?,36-,37?,39-,40+;;/m1../s1. The molecular weight excluding hydrogens is 874 g/mol. The number of carbonyl (C=O) groups excluding carboxylic acids is 4. The Bertz CT molecular complexity index is 1540. The zero-order chi connectivity index (χ0) is 45.0. The molecule has 0 aromatic heterocycles. The first-order chi connectivity index (χ1) is 28.8. The van der Waals surface area contributed by atoms with Gasteiger partial charge in [-0.1, -0.05) is 45.4 Å². The number of amides is 2. The third-order valence-corrected chi connectivity index (χ3v) is 13.2. The third kappa shape index (κ3) is 17.9. The van der Waals surface area contributed by atoms with Crippen molar-refractivity contribution in [1.29, 1.82) is 0 Å². The molecule has 0 radical (unpaired) electrons. The van der Waals surface area contributed by atoms with E-state index in [1.807, 2.05) is 6.92 Å². The van der Waals surface area contributed by atoms with Gasteiger partial charge in [0, 0.05) is 38.0 Å². The van der Waals surface area contributed by atoms with Crippen molar-refractivity contribution >= 4 is 33.7 Å². The molecule has 0 bridgehead atoms. The molecule has 0 spiro atoms. The maximum absolute atomic E-state index is 13.8. The van der Waals surface area contributed by atoms with Crippen LogP contribution >= 0.6 is 0 Å². The average molecular weight is 941 g/mol. The fraction of sp³-hybridized carbons (Fsp3) is 0.900. The molecule has 2 aliphatic carbocycles. The fourth-order valence-electron chi connectivity index (χ4n) is 8.96. The summed E-state index contributed by atoms with van der Waals surface area (Å²) in [4.78, 5) is 51.2. The van der Waals surface area contributed by atoms with Crippen LogP contribution in [0.5, 0.6) is 0 Å². The first-order valence-electron chi connectivity index (χ1n) is 21.6. The normalized spacial score (nSPS) is 34.4. The molecule has 23 heteroatoms. The van der Waals surface area contributed by atoms with Gasteiger partial charge in [0.2, 0.25) is 11.8 Å². The molecule has 0 aromatic carbocycles. The number of ether oxygens (including phenoxy) is 5. The number of aliphatic hydroxyl groups excluding tert-OH is 5. The molecule has 2 amide bonds. The summed E-state index contributed by atoms with van der Waals surface area (Å²) in [7, 11) is -4.37. The van der Waals surface area contributed by atoms with Crippen LogP contribution in [0.2, 0.25) is 0 Å². The summed E-state index contributed by atoms with van der Waals surface area (Å²) in [5, 5.41) is 71.4. The molecular formula is C40H66N2Na2O18S. The number of hydrogen-bond acceptors (Lipinski definition) is 18. The van der Waals surface area contributed by atoms with E-state index >= 15 is 0 Å². The molecule has 0 aromatic rings. The van der Waals surface area contributed by atoms with Crippen molar-refractivity contribution in [2.24, 2.45) is 17.8 Å².